The van der Waals surface area contributed by atoms with Gasteiger partial charge in [0.25, 0.3) is 0 Å². The Morgan fingerprint density at radius 1 is 0.923 bits per heavy atom. The van der Waals surface area contributed by atoms with Crippen molar-refractivity contribution in [2.45, 2.75) is 84.0 Å². The molecule has 3 rings (SSSR count). The van der Waals surface area contributed by atoms with E-state index in [4.69, 9.17) is 0 Å². The smallest absolute Gasteiger partial charge is 0.165 e. The minimum absolute atomic E-state index is 0.229. The van der Waals surface area contributed by atoms with Crippen LogP contribution in [0.25, 0.3) is 0 Å². The summed E-state index contributed by atoms with van der Waals surface area (Å²) in [4.78, 5) is 11.4. The third-order valence-electron chi connectivity index (χ3n) is 6.91. The Morgan fingerprint density at radius 3 is 1.88 bits per heavy atom. The standard InChI is InChI=1S/C23H32F2O/c1-3-4-16-5-7-17(8-6-16)18-9-11-19(12-10-18)20-13-21(24)23(15(2)26)22(25)14-20/h13-14,16-19H,3-12H2,1-2H3. The monoisotopic (exact) mass is 362 g/mol. The molecule has 2 aliphatic carbocycles. The molecule has 144 valence electrons. The average molecular weight is 363 g/mol. The lowest BCUT2D eigenvalue weighted by Gasteiger charge is -2.38. The van der Waals surface area contributed by atoms with E-state index >= 15 is 0 Å². The lowest BCUT2D eigenvalue weighted by Crippen LogP contribution is -2.25. The summed E-state index contributed by atoms with van der Waals surface area (Å²) in [6, 6.07) is 2.78. The number of hydrogen-bond donors (Lipinski definition) is 0. The number of ketones is 1. The highest BCUT2D eigenvalue weighted by Gasteiger charge is 2.31. The van der Waals surface area contributed by atoms with Gasteiger partial charge < -0.3 is 0 Å². The van der Waals surface area contributed by atoms with Gasteiger partial charge in [0.1, 0.15) is 11.6 Å². The number of hydrogen-bond acceptors (Lipinski definition) is 1. The van der Waals surface area contributed by atoms with Gasteiger partial charge in [-0.3, -0.25) is 4.79 Å². The number of carbonyl (C=O) groups excluding carboxylic acids is 1. The molecular formula is C23H32F2O. The molecule has 0 heterocycles. The predicted octanol–water partition coefficient (Wildman–Crippen LogP) is 7.05. The SMILES string of the molecule is CCCC1CCC(C2CCC(c3cc(F)c(C(C)=O)c(F)c3)CC2)CC1. The second kappa shape index (κ2) is 8.63. The van der Waals surface area contributed by atoms with Gasteiger partial charge in [0.05, 0.1) is 5.56 Å². The highest BCUT2D eigenvalue weighted by atomic mass is 19.1. The van der Waals surface area contributed by atoms with Gasteiger partial charge in [0.15, 0.2) is 5.78 Å². The number of halogens is 2. The highest BCUT2D eigenvalue weighted by Crippen LogP contribution is 2.44. The summed E-state index contributed by atoms with van der Waals surface area (Å²) in [6.07, 6.45) is 12.6. The number of benzene rings is 1. The van der Waals surface area contributed by atoms with E-state index in [-0.39, 0.29) is 5.92 Å². The number of carbonyl (C=O) groups is 1. The fraction of sp³-hybridized carbons (Fsp3) is 0.696. The van der Waals surface area contributed by atoms with E-state index < -0.39 is 23.0 Å². The molecule has 1 aromatic carbocycles. The summed E-state index contributed by atoms with van der Waals surface area (Å²) in [5.41, 5.74) is 0.335. The first-order chi connectivity index (χ1) is 12.5. The van der Waals surface area contributed by atoms with Gasteiger partial charge in [0, 0.05) is 0 Å². The van der Waals surface area contributed by atoms with Crippen molar-refractivity contribution in [2.75, 3.05) is 0 Å². The van der Waals surface area contributed by atoms with E-state index in [0.717, 1.165) is 36.2 Å². The minimum atomic E-state index is -0.705. The van der Waals surface area contributed by atoms with Crippen LogP contribution in [0.1, 0.15) is 99.9 Å². The van der Waals surface area contributed by atoms with Gasteiger partial charge in [-0.25, -0.2) is 8.78 Å². The Bertz CT molecular complexity index is 600. The normalized spacial score (nSPS) is 29.5. The van der Waals surface area contributed by atoms with Gasteiger partial charge in [-0.1, -0.05) is 32.6 Å². The summed E-state index contributed by atoms with van der Waals surface area (Å²) in [5, 5.41) is 0. The molecule has 3 heteroatoms. The van der Waals surface area contributed by atoms with Crippen molar-refractivity contribution in [3.63, 3.8) is 0 Å². The molecule has 26 heavy (non-hydrogen) atoms. The van der Waals surface area contributed by atoms with Crippen LogP contribution in [0.3, 0.4) is 0 Å². The summed E-state index contributed by atoms with van der Waals surface area (Å²) >= 11 is 0. The van der Waals surface area contributed by atoms with Crippen LogP contribution in [0, 0.1) is 29.4 Å². The Morgan fingerprint density at radius 2 is 1.42 bits per heavy atom. The predicted molar refractivity (Wildman–Crippen MR) is 101 cm³/mol. The molecule has 0 unspecified atom stereocenters. The molecule has 0 radical (unpaired) electrons. The fourth-order valence-electron chi connectivity index (χ4n) is 5.45. The second-order valence-corrected chi connectivity index (χ2v) is 8.60. The maximum atomic E-state index is 14.1. The van der Waals surface area contributed by atoms with E-state index in [1.807, 2.05) is 0 Å². The molecule has 0 aromatic heterocycles. The molecule has 0 N–H and O–H groups in total. The molecule has 2 fully saturated rings. The Balaban J connectivity index is 1.57. The van der Waals surface area contributed by atoms with E-state index in [0.29, 0.717) is 0 Å². The van der Waals surface area contributed by atoms with Crippen molar-refractivity contribution in [3.8, 4) is 0 Å². The van der Waals surface area contributed by atoms with Gasteiger partial charge in [-0.05, 0) is 86.8 Å². The van der Waals surface area contributed by atoms with Crippen molar-refractivity contribution in [2.24, 2.45) is 17.8 Å². The van der Waals surface area contributed by atoms with Crippen LogP contribution in [-0.2, 0) is 0 Å². The average Bonchev–Trinajstić information content (AvgIpc) is 2.62. The fourth-order valence-corrected chi connectivity index (χ4v) is 5.45. The van der Waals surface area contributed by atoms with Crippen LogP contribution in [0.15, 0.2) is 12.1 Å². The van der Waals surface area contributed by atoms with Crippen molar-refractivity contribution in [1.82, 2.24) is 0 Å². The lowest BCUT2D eigenvalue weighted by molar-refractivity contribution is 0.100. The molecule has 1 aromatic rings. The summed E-state index contributed by atoms with van der Waals surface area (Å²) < 4.78 is 28.2. The molecule has 0 atom stereocenters. The Hall–Kier alpha value is -1.25. The molecule has 2 aliphatic rings. The zero-order valence-electron chi connectivity index (χ0n) is 16.2. The number of rotatable bonds is 5. The first-order valence-corrected chi connectivity index (χ1v) is 10.5. The van der Waals surface area contributed by atoms with Gasteiger partial charge in [-0.2, -0.15) is 0 Å². The van der Waals surface area contributed by atoms with Crippen LogP contribution in [0.4, 0.5) is 8.78 Å². The van der Waals surface area contributed by atoms with Crippen molar-refractivity contribution >= 4 is 5.78 Å². The van der Waals surface area contributed by atoms with Crippen molar-refractivity contribution in [3.05, 3.63) is 34.9 Å². The van der Waals surface area contributed by atoms with E-state index in [9.17, 15) is 13.6 Å². The molecular weight excluding hydrogens is 330 g/mol. The van der Waals surface area contributed by atoms with Crippen LogP contribution in [0.5, 0.6) is 0 Å². The lowest BCUT2D eigenvalue weighted by atomic mass is 9.68. The van der Waals surface area contributed by atoms with Gasteiger partial charge >= 0.3 is 0 Å². The summed E-state index contributed by atoms with van der Waals surface area (Å²) in [5.74, 6) is 0.866. The first kappa shape index (κ1) is 19.5. The summed E-state index contributed by atoms with van der Waals surface area (Å²) in [7, 11) is 0. The Labute approximate surface area is 156 Å². The highest BCUT2D eigenvalue weighted by molar-refractivity contribution is 5.94. The first-order valence-electron chi connectivity index (χ1n) is 10.5. The summed E-state index contributed by atoms with van der Waals surface area (Å²) in [6.45, 7) is 3.49. The molecule has 0 amide bonds. The molecule has 0 aliphatic heterocycles. The molecule has 0 saturated heterocycles. The van der Waals surface area contributed by atoms with E-state index in [2.05, 4.69) is 6.92 Å². The molecule has 1 nitrogen and oxygen atoms in total. The van der Waals surface area contributed by atoms with Crippen molar-refractivity contribution < 1.29 is 13.6 Å². The van der Waals surface area contributed by atoms with Gasteiger partial charge in [0.2, 0.25) is 0 Å². The zero-order chi connectivity index (χ0) is 18.7. The van der Waals surface area contributed by atoms with E-state index in [1.54, 1.807) is 0 Å². The third kappa shape index (κ3) is 4.35. The van der Waals surface area contributed by atoms with Crippen LogP contribution >= 0.6 is 0 Å². The van der Waals surface area contributed by atoms with Gasteiger partial charge in [-0.15, -0.1) is 0 Å². The third-order valence-corrected chi connectivity index (χ3v) is 6.91. The molecule has 0 bridgehead atoms. The van der Waals surface area contributed by atoms with Crippen molar-refractivity contribution in [1.29, 1.82) is 0 Å². The van der Waals surface area contributed by atoms with Crippen LogP contribution < -0.4 is 0 Å². The second-order valence-electron chi connectivity index (χ2n) is 8.60. The van der Waals surface area contributed by atoms with Crippen LogP contribution in [-0.4, -0.2) is 5.78 Å². The maximum absolute atomic E-state index is 14.1. The molecule has 2 saturated carbocycles. The largest absolute Gasteiger partial charge is 0.294 e. The number of Topliss-reactive ketones (excluding diaryl/α,β-unsaturated/α-hetero) is 1. The van der Waals surface area contributed by atoms with Crippen LogP contribution in [0.2, 0.25) is 0 Å². The maximum Gasteiger partial charge on any atom is 0.165 e. The zero-order valence-corrected chi connectivity index (χ0v) is 16.2. The van der Waals surface area contributed by atoms with E-state index in [1.165, 1.54) is 70.4 Å². The minimum Gasteiger partial charge on any atom is -0.294 e. The quantitative estimate of drug-likeness (QED) is 0.513. The topological polar surface area (TPSA) is 17.1 Å². The Kier molecular flexibility index (Phi) is 6.47. The molecule has 0 spiro atoms.